The molecule has 0 aliphatic heterocycles. The molecule has 2 heteroatoms. The Morgan fingerprint density at radius 3 is 2.93 bits per heavy atom. The summed E-state index contributed by atoms with van der Waals surface area (Å²) < 4.78 is 1.15. The van der Waals surface area contributed by atoms with Crippen LogP contribution in [0, 0.1) is 6.92 Å². The first kappa shape index (κ1) is 10.7. The third kappa shape index (κ3) is 2.85. The average molecular weight is 266 g/mol. The van der Waals surface area contributed by atoms with Gasteiger partial charge in [-0.05, 0) is 59.8 Å². The minimum Gasteiger partial charge on any atom is -0.378 e. The van der Waals surface area contributed by atoms with E-state index in [1.165, 1.54) is 30.5 Å². The summed E-state index contributed by atoms with van der Waals surface area (Å²) in [5.74, 6) is 0. The normalized spacial score (nSPS) is 20.3. The van der Waals surface area contributed by atoms with Gasteiger partial charge >= 0.3 is 0 Å². The monoisotopic (exact) mass is 265 g/mol. The number of allylic oxidation sites excluding steroid dienone is 1. The van der Waals surface area contributed by atoms with E-state index in [0.717, 1.165) is 4.47 Å². The van der Waals surface area contributed by atoms with Crippen LogP contribution in [0.5, 0.6) is 0 Å². The number of hydrogen-bond donors (Lipinski definition) is 1. The van der Waals surface area contributed by atoms with Gasteiger partial charge in [0.05, 0.1) is 0 Å². The first-order valence-corrected chi connectivity index (χ1v) is 6.24. The third-order valence-electron chi connectivity index (χ3n) is 2.72. The minimum atomic E-state index is 0.498. The molecule has 0 bridgehead atoms. The van der Waals surface area contributed by atoms with Gasteiger partial charge in [0.1, 0.15) is 0 Å². The SMILES string of the molecule is Cc1ccc(NC2C=CCCC2)c(Br)c1. The largest absolute Gasteiger partial charge is 0.378 e. The second-order valence-corrected chi connectivity index (χ2v) is 4.95. The maximum absolute atomic E-state index is 3.59. The quantitative estimate of drug-likeness (QED) is 0.788. The molecule has 1 nitrogen and oxygen atoms in total. The molecule has 1 aromatic carbocycles. The lowest BCUT2D eigenvalue weighted by molar-refractivity contribution is 0.673. The van der Waals surface area contributed by atoms with Crippen molar-refractivity contribution in [1.82, 2.24) is 0 Å². The van der Waals surface area contributed by atoms with E-state index in [9.17, 15) is 0 Å². The zero-order valence-corrected chi connectivity index (χ0v) is 10.5. The van der Waals surface area contributed by atoms with Crippen LogP contribution in [0.3, 0.4) is 0 Å². The zero-order valence-electron chi connectivity index (χ0n) is 8.96. The molecular formula is C13H16BrN. The summed E-state index contributed by atoms with van der Waals surface area (Å²) in [6.45, 7) is 2.11. The second kappa shape index (κ2) is 4.84. The summed E-state index contributed by atoms with van der Waals surface area (Å²) in [6.07, 6.45) is 8.29. The number of rotatable bonds is 2. The number of anilines is 1. The Balaban J connectivity index is 2.09. The number of benzene rings is 1. The average Bonchev–Trinajstić information content (AvgIpc) is 2.24. The van der Waals surface area contributed by atoms with Crippen LogP contribution in [-0.2, 0) is 0 Å². The molecule has 80 valence electrons. The van der Waals surface area contributed by atoms with Crippen molar-refractivity contribution >= 4 is 21.6 Å². The van der Waals surface area contributed by atoms with Gasteiger partial charge in [0.25, 0.3) is 0 Å². The number of halogens is 1. The topological polar surface area (TPSA) is 12.0 Å². The van der Waals surface area contributed by atoms with Gasteiger partial charge in [0.2, 0.25) is 0 Å². The van der Waals surface area contributed by atoms with E-state index in [-0.39, 0.29) is 0 Å². The summed E-state index contributed by atoms with van der Waals surface area (Å²) in [6, 6.07) is 6.92. The zero-order chi connectivity index (χ0) is 10.7. The molecule has 0 amide bonds. The molecular weight excluding hydrogens is 250 g/mol. The summed E-state index contributed by atoms with van der Waals surface area (Å²) in [4.78, 5) is 0. The Bertz CT molecular complexity index is 371. The van der Waals surface area contributed by atoms with E-state index in [0.29, 0.717) is 6.04 Å². The molecule has 0 saturated carbocycles. The summed E-state index contributed by atoms with van der Waals surface area (Å²) in [7, 11) is 0. The molecule has 0 heterocycles. The van der Waals surface area contributed by atoms with Gasteiger partial charge in [-0.1, -0.05) is 18.2 Å². The van der Waals surface area contributed by atoms with Crippen molar-refractivity contribution < 1.29 is 0 Å². The molecule has 0 saturated heterocycles. The fourth-order valence-corrected chi connectivity index (χ4v) is 2.48. The van der Waals surface area contributed by atoms with E-state index in [2.05, 4.69) is 58.5 Å². The van der Waals surface area contributed by atoms with E-state index >= 15 is 0 Å². The van der Waals surface area contributed by atoms with Crippen LogP contribution in [0.2, 0.25) is 0 Å². The third-order valence-corrected chi connectivity index (χ3v) is 3.38. The van der Waals surface area contributed by atoms with Crippen LogP contribution in [0.4, 0.5) is 5.69 Å². The van der Waals surface area contributed by atoms with E-state index in [1.807, 2.05) is 0 Å². The molecule has 0 spiro atoms. The molecule has 1 aliphatic rings. The highest BCUT2D eigenvalue weighted by Gasteiger charge is 2.09. The van der Waals surface area contributed by atoms with Crippen LogP contribution < -0.4 is 5.32 Å². The fraction of sp³-hybridized carbons (Fsp3) is 0.385. The van der Waals surface area contributed by atoms with Crippen molar-refractivity contribution in [2.45, 2.75) is 32.2 Å². The van der Waals surface area contributed by atoms with E-state index in [4.69, 9.17) is 0 Å². The molecule has 15 heavy (non-hydrogen) atoms. The van der Waals surface area contributed by atoms with Gasteiger partial charge in [-0.3, -0.25) is 0 Å². The minimum absolute atomic E-state index is 0.498. The Morgan fingerprint density at radius 2 is 2.27 bits per heavy atom. The van der Waals surface area contributed by atoms with Gasteiger partial charge in [-0.25, -0.2) is 0 Å². The molecule has 0 fully saturated rings. The summed E-state index contributed by atoms with van der Waals surface area (Å²) >= 11 is 3.59. The smallest absolute Gasteiger partial charge is 0.0489 e. The summed E-state index contributed by atoms with van der Waals surface area (Å²) in [5.41, 5.74) is 2.48. The van der Waals surface area contributed by atoms with Crippen LogP contribution in [0.15, 0.2) is 34.8 Å². The fourth-order valence-electron chi connectivity index (χ4n) is 1.87. The van der Waals surface area contributed by atoms with Crippen LogP contribution >= 0.6 is 15.9 Å². The van der Waals surface area contributed by atoms with Gasteiger partial charge in [-0.2, -0.15) is 0 Å². The maximum Gasteiger partial charge on any atom is 0.0489 e. The highest BCUT2D eigenvalue weighted by molar-refractivity contribution is 9.10. The highest BCUT2D eigenvalue weighted by Crippen LogP contribution is 2.25. The number of hydrogen-bond acceptors (Lipinski definition) is 1. The molecule has 1 aliphatic carbocycles. The first-order valence-electron chi connectivity index (χ1n) is 5.45. The molecule has 0 radical (unpaired) electrons. The van der Waals surface area contributed by atoms with Gasteiger partial charge in [-0.15, -0.1) is 0 Å². The maximum atomic E-state index is 3.59. The molecule has 1 aromatic rings. The number of aryl methyl sites for hydroxylation is 1. The molecule has 0 aromatic heterocycles. The Hall–Kier alpha value is -0.760. The predicted octanol–water partition coefficient (Wildman–Crippen LogP) is 4.28. The standard InChI is InChI=1S/C13H16BrN/c1-10-7-8-13(12(14)9-10)15-11-5-3-2-4-6-11/h3,5,7-9,11,15H,2,4,6H2,1H3. The van der Waals surface area contributed by atoms with Gasteiger partial charge in [0.15, 0.2) is 0 Å². The molecule has 1 unspecified atom stereocenters. The van der Waals surface area contributed by atoms with E-state index in [1.54, 1.807) is 0 Å². The Kier molecular flexibility index (Phi) is 3.47. The lowest BCUT2D eigenvalue weighted by atomic mass is 10.0. The van der Waals surface area contributed by atoms with Crippen LogP contribution in [-0.4, -0.2) is 6.04 Å². The molecule has 2 rings (SSSR count). The lowest BCUT2D eigenvalue weighted by Gasteiger charge is -2.20. The van der Waals surface area contributed by atoms with E-state index < -0.39 is 0 Å². The van der Waals surface area contributed by atoms with Crippen molar-refractivity contribution in [3.05, 3.63) is 40.4 Å². The van der Waals surface area contributed by atoms with Crippen LogP contribution in [0.25, 0.3) is 0 Å². The Labute approximate surface area is 99.7 Å². The lowest BCUT2D eigenvalue weighted by Crippen LogP contribution is -2.18. The predicted molar refractivity (Wildman–Crippen MR) is 69.3 cm³/mol. The second-order valence-electron chi connectivity index (χ2n) is 4.09. The van der Waals surface area contributed by atoms with Crippen molar-refractivity contribution in [3.8, 4) is 0 Å². The summed E-state index contributed by atoms with van der Waals surface area (Å²) in [5, 5.41) is 3.54. The molecule has 1 N–H and O–H groups in total. The van der Waals surface area contributed by atoms with Crippen molar-refractivity contribution in [3.63, 3.8) is 0 Å². The van der Waals surface area contributed by atoms with Crippen molar-refractivity contribution in [2.24, 2.45) is 0 Å². The van der Waals surface area contributed by atoms with Crippen molar-refractivity contribution in [2.75, 3.05) is 5.32 Å². The number of nitrogens with one attached hydrogen (secondary N) is 1. The first-order chi connectivity index (χ1) is 7.25. The highest BCUT2D eigenvalue weighted by atomic mass is 79.9. The van der Waals surface area contributed by atoms with Gasteiger partial charge < -0.3 is 5.32 Å². The molecule has 1 atom stereocenters. The van der Waals surface area contributed by atoms with Gasteiger partial charge in [0, 0.05) is 16.2 Å². The Morgan fingerprint density at radius 1 is 1.40 bits per heavy atom. The van der Waals surface area contributed by atoms with Crippen molar-refractivity contribution in [1.29, 1.82) is 0 Å². The van der Waals surface area contributed by atoms with Crippen LogP contribution in [0.1, 0.15) is 24.8 Å².